The monoisotopic (exact) mass is 295 g/mol. The van der Waals surface area contributed by atoms with Crippen molar-refractivity contribution in [1.82, 2.24) is 9.78 Å². The van der Waals surface area contributed by atoms with Crippen LogP contribution >= 0.6 is 15.9 Å². The standard InChI is InChI=1S/C12H14BrN3O/c1-16-7-9(6-15-16)8-17-11-2-3-12(13)10(4-11)5-14/h2-4,6-7H,5,8,14H2,1H3. The fraction of sp³-hybridized carbons (Fsp3) is 0.250. The highest BCUT2D eigenvalue weighted by Gasteiger charge is 2.02. The quantitative estimate of drug-likeness (QED) is 0.941. The van der Waals surface area contributed by atoms with Crippen LogP contribution in [0.1, 0.15) is 11.1 Å². The minimum absolute atomic E-state index is 0.491. The van der Waals surface area contributed by atoms with Gasteiger partial charge in [0.05, 0.1) is 6.20 Å². The minimum atomic E-state index is 0.491. The Morgan fingerprint density at radius 3 is 2.94 bits per heavy atom. The van der Waals surface area contributed by atoms with Crippen LogP contribution in [0.3, 0.4) is 0 Å². The van der Waals surface area contributed by atoms with E-state index in [-0.39, 0.29) is 0 Å². The Hall–Kier alpha value is -1.33. The Labute approximate surface area is 109 Å². The molecule has 0 aliphatic heterocycles. The summed E-state index contributed by atoms with van der Waals surface area (Å²) in [7, 11) is 1.88. The third-order valence-electron chi connectivity index (χ3n) is 2.40. The van der Waals surface area contributed by atoms with Crippen LogP contribution in [0.25, 0.3) is 0 Å². The summed E-state index contributed by atoms with van der Waals surface area (Å²) in [5.41, 5.74) is 7.71. The van der Waals surface area contributed by atoms with Crippen molar-refractivity contribution in [3.63, 3.8) is 0 Å². The molecule has 1 aromatic heterocycles. The van der Waals surface area contributed by atoms with Gasteiger partial charge in [-0.05, 0) is 23.8 Å². The maximum absolute atomic E-state index is 5.67. The number of halogens is 1. The molecule has 0 atom stereocenters. The molecule has 2 N–H and O–H groups in total. The maximum atomic E-state index is 5.67. The number of nitrogens with two attached hydrogens (primary N) is 1. The molecule has 1 aromatic carbocycles. The van der Waals surface area contributed by atoms with Gasteiger partial charge in [0.2, 0.25) is 0 Å². The zero-order chi connectivity index (χ0) is 12.3. The normalized spacial score (nSPS) is 10.5. The van der Waals surface area contributed by atoms with E-state index >= 15 is 0 Å². The van der Waals surface area contributed by atoms with Gasteiger partial charge in [0.15, 0.2) is 0 Å². The highest BCUT2D eigenvalue weighted by molar-refractivity contribution is 9.10. The molecule has 0 unspecified atom stereocenters. The van der Waals surface area contributed by atoms with E-state index in [2.05, 4.69) is 21.0 Å². The van der Waals surface area contributed by atoms with Crippen LogP contribution in [0, 0.1) is 0 Å². The first kappa shape index (κ1) is 12.1. The molecule has 0 saturated carbocycles. The molecule has 0 bridgehead atoms. The largest absolute Gasteiger partial charge is 0.489 e. The summed E-state index contributed by atoms with van der Waals surface area (Å²) in [4.78, 5) is 0. The zero-order valence-electron chi connectivity index (χ0n) is 9.56. The summed E-state index contributed by atoms with van der Waals surface area (Å²) in [6, 6.07) is 5.81. The van der Waals surface area contributed by atoms with E-state index in [1.165, 1.54) is 0 Å². The first-order valence-electron chi connectivity index (χ1n) is 5.28. The molecule has 17 heavy (non-hydrogen) atoms. The third kappa shape index (κ3) is 3.08. The van der Waals surface area contributed by atoms with E-state index < -0.39 is 0 Å². The van der Waals surface area contributed by atoms with Crippen molar-refractivity contribution in [2.75, 3.05) is 0 Å². The SMILES string of the molecule is Cn1cc(COc2ccc(Br)c(CN)c2)cn1. The Balaban J connectivity index is 2.04. The molecule has 2 aromatic rings. The summed E-state index contributed by atoms with van der Waals surface area (Å²) >= 11 is 3.44. The molecule has 0 radical (unpaired) electrons. The fourth-order valence-electron chi connectivity index (χ4n) is 1.51. The van der Waals surface area contributed by atoms with Crippen molar-refractivity contribution in [2.45, 2.75) is 13.2 Å². The van der Waals surface area contributed by atoms with Gasteiger partial charge in [-0.25, -0.2) is 0 Å². The van der Waals surface area contributed by atoms with E-state index in [0.29, 0.717) is 13.2 Å². The summed E-state index contributed by atoms with van der Waals surface area (Å²) in [5.74, 6) is 0.817. The summed E-state index contributed by atoms with van der Waals surface area (Å²) in [5, 5.41) is 4.09. The smallest absolute Gasteiger partial charge is 0.120 e. The lowest BCUT2D eigenvalue weighted by molar-refractivity contribution is 0.306. The number of benzene rings is 1. The average Bonchev–Trinajstić information content (AvgIpc) is 2.74. The number of aryl methyl sites for hydroxylation is 1. The second-order valence-electron chi connectivity index (χ2n) is 3.77. The number of aromatic nitrogens is 2. The molecular weight excluding hydrogens is 282 g/mol. The lowest BCUT2D eigenvalue weighted by Crippen LogP contribution is -1.99. The van der Waals surface area contributed by atoms with Crippen LogP contribution in [0.4, 0.5) is 0 Å². The number of hydrogen-bond acceptors (Lipinski definition) is 3. The van der Waals surface area contributed by atoms with Crippen molar-refractivity contribution in [1.29, 1.82) is 0 Å². The van der Waals surface area contributed by atoms with Gasteiger partial charge in [-0.1, -0.05) is 15.9 Å². The van der Waals surface area contributed by atoms with E-state index in [0.717, 1.165) is 21.3 Å². The van der Waals surface area contributed by atoms with Crippen LogP contribution in [-0.4, -0.2) is 9.78 Å². The first-order valence-corrected chi connectivity index (χ1v) is 6.07. The summed E-state index contributed by atoms with van der Waals surface area (Å²) < 4.78 is 8.44. The van der Waals surface area contributed by atoms with Crippen molar-refractivity contribution in [3.05, 3.63) is 46.2 Å². The van der Waals surface area contributed by atoms with Crippen molar-refractivity contribution < 1.29 is 4.74 Å². The van der Waals surface area contributed by atoms with Gasteiger partial charge in [0.1, 0.15) is 12.4 Å². The third-order valence-corrected chi connectivity index (χ3v) is 3.17. The van der Waals surface area contributed by atoms with Crippen LogP contribution in [0.2, 0.25) is 0 Å². The highest BCUT2D eigenvalue weighted by Crippen LogP contribution is 2.22. The van der Waals surface area contributed by atoms with Crippen LogP contribution in [0.5, 0.6) is 5.75 Å². The predicted octanol–water partition coefficient (Wildman–Crippen LogP) is 2.22. The molecule has 0 fully saturated rings. The molecule has 5 heteroatoms. The second kappa shape index (κ2) is 5.33. The lowest BCUT2D eigenvalue weighted by atomic mass is 10.2. The van der Waals surface area contributed by atoms with Crippen LogP contribution < -0.4 is 10.5 Å². The molecule has 0 saturated heterocycles. The fourth-order valence-corrected chi connectivity index (χ4v) is 1.92. The number of hydrogen-bond donors (Lipinski definition) is 1. The van der Waals surface area contributed by atoms with Gasteiger partial charge in [-0.3, -0.25) is 4.68 Å². The summed E-state index contributed by atoms with van der Waals surface area (Å²) in [6.07, 6.45) is 3.73. The molecular formula is C12H14BrN3O. The molecule has 0 amide bonds. The lowest BCUT2D eigenvalue weighted by Gasteiger charge is -2.07. The number of rotatable bonds is 4. The summed E-state index contributed by atoms with van der Waals surface area (Å²) in [6.45, 7) is 1.00. The van der Waals surface area contributed by atoms with E-state index in [1.54, 1.807) is 10.9 Å². The molecule has 0 aliphatic rings. The van der Waals surface area contributed by atoms with Gasteiger partial charge >= 0.3 is 0 Å². The average molecular weight is 296 g/mol. The van der Waals surface area contributed by atoms with E-state index in [9.17, 15) is 0 Å². The van der Waals surface area contributed by atoms with Crippen LogP contribution in [-0.2, 0) is 20.2 Å². The Kier molecular flexibility index (Phi) is 3.81. The maximum Gasteiger partial charge on any atom is 0.120 e. The molecule has 0 spiro atoms. The Bertz CT molecular complexity index is 510. The molecule has 1 heterocycles. The van der Waals surface area contributed by atoms with E-state index in [4.69, 9.17) is 10.5 Å². The van der Waals surface area contributed by atoms with Gasteiger partial charge in [-0.2, -0.15) is 5.10 Å². The Morgan fingerprint density at radius 1 is 1.47 bits per heavy atom. The highest BCUT2D eigenvalue weighted by atomic mass is 79.9. The van der Waals surface area contributed by atoms with Gasteiger partial charge < -0.3 is 10.5 Å². The molecule has 2 rings (SSSR count). The molecule has 90 valence electrons. The minimum Gasteiger partial charge on any atom is -0.489 e. The Morgan fingerprint density at radius 2 is 2.29 bits per heavy atom. The van der Waals surface area contributed by atoms with Gasteiger partial charge in [-0.15, -0.1) is 0 Å². The van der Waals surface area contributed by atoms with Crippen molar-refractivity contribution in [2.24, 2.45) is 12.8 Å². The molecule has 4 nitrogen and oxygen atoms in total. The number of nitrogens with zero attached hydrogens (tertiary/aromatic N) is 2. The van der Waals surface area contributed by atoms with Gasteiger partial charge in [0, 0.05) is 29.8 Å². The van der Waals surface area contributed by atoms with Crippen molar-refractivity contribution >= 4 is 15.9 Å². The first-order chi connectivity index (χ1) is 8.19. The second-order valence-corrected chi connectivity index (χ2v) is 4.62. The number of ether oxygens (including phenoxy) is 1. The zero-order valence-corrected chi connectivity index (χ0v) is 11.1. The molecule has 0 aliphatic carbocycles. The van der Waals surface area contributed by atoms with E-state index in [1.807, 2.05) is 31.4 Å². The topological polar surface area (TPSA) is 53.1 Å². The van der Waals surface area contributed by atoms with Crippen molar-refractivity contribution in [3.8, 4) is 5.75 Å². The van der Waals surface area contributed by atoms with Gasteiger partial charge in [0.25, 0.3) is 0 Å². The van der Waals surface area contributed by atoms with Crippen LogP contribution in [0.15, 0.2) is 35.1 Å². The predicted molar refractivity (Wildman–Crippen MR) is 69.6 cm³/mol.